The molecule has 5 nitrogen and oxygen atoms in total. The molecule has 0 saturated carbocycles. The number of aliphatic imine (C=N–C) groups is 1. The summed E-state index contributed by atoms with van der Waals surface area (Å²) in [6.07, 6.45) is 2.57. The zero-order chi connectivity index (χ0) is 18.1. The van der Waals surface area contributed by atoms with Gasteiger partial charge in [0.1, 0.15) is 5.75 Å². The summed E-state index contributed by atoms with van der Waals surface area (Å²) in [5.74, 6) is 2.49. The van der Waals surface area contributed by atoms with Crippen molar-refractivity contribution in [2.24, 2.45) is 10.9 Å². The predicted molar refractivity (Wildman–Crippen MR) is 105 cm³/mol. The Kier molecular flexibility index (Phi) is 8.06. The highest BCUT2D eigenvalue weighted by Gasteiger charge is 2.24. The largest absolute Gasteiger partial charge is 0.496 e. The van der Waals surface area contributed by atoms with Gasteiger partial charge in [-0.3, -0.25) is 4.90 Å². The van der Waals surface area contributed by atoms with E-state index in [1.54, 1.807) is 7.11 Å². The summed E-state index contributed by atoms with van der Waals surface area (Å²) in [5.41, 5.74) is 1.10. The fraction of sp³-hybridized carbons (Fsp3) is 0.650. The molecule has 1 atom stereocenters. The maximum atomic E-state index is 5.41. The molecule has 1 aromatic carbocycles. The Balaban J connectivity index is 1.93. The first-order valence-corrected chi connectivity index (χ1v) is 9.52. The molecule has 0 aromatic heterocycles. The van der Waals surface area contributed by atoms with Crippen LogP contribution >= 0.6 is 0 Å². The van der Waals surface area contributed by atoms with Gasteiger partial charge < -0.3 is 15.4 Å². The van der Waals surface area contributed by atoms with Crippen molar-refractivity contribution in [2.75, 3.05) is 33.3 Å². The number of likely N-dealkylation sites (tertiary alicyclic amines) is 1. The van der Waals surface area contributed by atoms with Crippen molar-refractivity contribution in [3.63, 3.8) is 0 Å². The summed E-state index contributed by atoms with van der Waals surface area (Å²) in [4.78, 5) is 7.35. The Bertz CT molecular complexity index is 544. The molecule has 0 radical (unpaired) electrons. The van der Waals surface area contributed by atoms with Gasteiger partial charge in [0, 0.05) is 31.2 Å². The summed E-state index contributed by atoms with van der Waals surface area (Å²) in [6, 6.07) is 8.66. The van der Waals surface area contributed by atoms with Gasteiger partial charge in [-0.1, -0.05) is 32.0 Å². The molecule has 1 fully saturated rings. The molecule has 140 valence electrons. The Hall–Kier alpha value is -1.75. The standard InChI is InChI=1S/C20H34N4O/c1-5-21-20(22-13-17-9-6-7-11-19(17)25-4)23-14-18-10-8-12-24(18)15-16(2)3/h6-7,9,11,16,18H,5,8,10,12-15H2,1-4H3,(H2,21,22,23)/t18-/m1/s1. The minimum absolute atomic E-state index is 0.609. The third-order valence-corrected chi connectivity index (χ3v) is 4.55. The minimum Gasteiger partial charge on any atom is -0.496 e. The zero-order valence-corrected chi connectivity index (χ0v) is 16.2. The van der Waals surface area contributed by atoms with Gasteiger partial charge >= 0.3 is 0 Å². The molecule has 0 unspecified atom stereocenters. The second-order valence-corrected chi connectivity index (χ2v) is 7.07. The van der Waals surface area contributed by atoms with Gasteiger partial charge in [-0.25, -0.2) is 4.99 Å². The molecular weight excluding hydrogens is 312 g/mol. The van der Waals surface area contributed by atoms with Crippen molar-refractivity contribution in [3.8, 4) is 5.75 Å². The molecule has 0 amide bonds. The van der Waals surface area contributed by atoms with E-state index in [1.807, 2.05) is 18.2 Å². The normalized spacial score (nSPS) is 18.6. The van der Waals surface area contributed by atoms with E-state index >= 15 is 0 Å². The number of hydrogen-bond donors (Lipinski definition) is 2. The number of nitrogens with one attached hydrogen (secondary N) is 2. The number of rotatable bonds is 8. The highest BCUT2D eigenvalue weighted by atomic mass is 16.5. The zero-order valence-electron chi connectivity index (χ0n) is 16.2. The molecule has 0 spiro atoms. The summed E-state index contributed by atoms with van der Waals surface area (Å²) >= 11 is 0. The van der Waals surface area contributed by atoms with Crippen LogP contribution in [0.5, 0.6) is 5.75 Å². The molecule has 1 aliphatic rings. The quantitative estimate of drug-likeness (QED) is 0.561. The first-order valence-electron chi connectivity index (χ1n) is 9.52. The molecule has 25 heavy (non-hydrogen) atoms. The van der Waals surface area contributed by atoms with Crippen LogP contribution in [-0.4, -0.2) is 50.2 Å². The number of ether oxygens (including phenoxy) is 1. The van der Waals surface area contributed by atoms with Crippen LogP contribution < -0.4 is 15.4 Å². The third kappa shape index (κ3) is 6.24. The molecule has 0 bridgehead atoms. The fourth-order valence-corrected chi connectivity index (χ4v) is 3.39. The predicted octanol–water partition coefficient (Wildman–Crippen LogP) is 2.87. The highest BCUT2D eigenvalue weighted by molar-refractivity contribution is 5.79. The van der Waals surface area contributed by atoms with Crippen molar-refractivity contribution >= 4 is 5.96 Å². The first kappa shape index (κ1) is 19.6. The summed E-state index contributed by atoms with van der Waals surface area (Å²) in [6.45, 7) is 11.5. The van der Waals surface area contributed by atoms with Crippen molar-refractivity contribution in [1.29, 1.82) is 0 Å². The number of hydrogen-bond acceptors (Lipinski definition) is 3. The molecule has 1 aromatic rings. The Labute approximate surface area is 152 Å². The van der Waals surface area contributed by atoms with E-state index in [-0.39, 0.29) is 0 Å². The van der Waals surface area contributed by atoms with Crippen molar-refractivity contribution in [1.82, 2.24) is 15.5 Å². The Morgan fingerprint density at radius 3 is 2.84 bits per heavy atom. The average molecular weight is 347 g/mol. The van der Waals surface area contributed by atoms with Crippen molar-refractivity contribution in [2.45, 2.75) is 46.2 Å². The van der Waals surface area contributed by atoms with Crippen LogP contribution in [0.4, 0.5) is 0 Å². The molecule has 2 N–H and O–H groups in total. The van der Waals surface area contributed by atoms with Crippen LogP contribution in [0.2, 0.25) is 0 Å². The van der Waals surface area contributed by atoms with E-state index < -0.39 is 0 Å². The van der Waals surface area contributed by atoms with Gasteiger partial charge in [0.15, 0.2) is 5.96 Å². The Morgan fingerprint density at radius 1 is 1.32 bits per heavy atom. The maximum Gasteiger partial charge on any atom is 0.191 e. The number of para-hydroxylation sites is 1. The van der Waals surface area contributed by atoms with Gasteiger partial charge in [0.2, 0.25) is 0 Å². The van der Waals surface area contributed by atoms with Crippen molar-refractivity contribution < 1.29 is 4.74 Å². The SMILES string of the molecule is CCNC(=NCc1ccccc1OC)NC[C@H]1CCCN1CC(C)C. The van der Waals surface area contributed by atoms with E-state index in [0.29, 0.717) is 18.5 Å². The Morgan fingerprint density at radius 2 is 2.12 bits per heavy atom. The molecule has 5 heteroatoms. The van der Waals surface area contributed by atoms with Crippen LogP contribution in [-0.2, 0) is 6.54 Å². The van der Waals surface area contributed by atoms with E-state index in [2.05, 4.69) is 42.4 Å². The van der Waals surface area contributed by atoms with Crippen LogP contribution in [0.25, 0.3) is 0 Å². The highest BCUT2D eigenvalue weighted by Crippen LogP contribution is 2.19. The van der Waals surface area contributed by atoms with Crippen LogP contribution in [0, 0.1) is 5.92 Å². The molecule has 2 rings (SSSR count). The molecule has 0 aliphatic carbocycles. The lowest BCUT2D eigenvalue weighted by atomic mass is 10.1. The van der Waals surface area contributed by atoms with E-state index in [0.717, 1.165) is 30.4 Å². The van der Waals surface area contributed by atoms with Crippen LogP contribution in [0.15, 0.2) is 29.3 Å². The second-order valence-electron chi connectivity index (χ2n) is 7.07. The van der Waals surface area contributed by atoms with Crippen LogP contribution in [0.1, 0.15) is 39.2 Å². The van der Waals surface area contributed by atoms with Gasteiger partial charge in [-0.05, 0) is 38.3 Å². The monoisotopic (exact) mass is 346 g/mol. The van der Waals surface area contributed by atoms with Gasteiger partial charge in [-0.15, -0.1) is 0 Å². The topological polar surface area (TPSA) is 48.9 Å². The summed E-state index contributed by atoms with van der Waals surface area (Å²) in [5, 5.41) is 6.88. The van der Waals surface area contributed by atoms with E-state index in [9.17, 15) is 0 Å². The number of guanidine groups is 1. The van der Waals surface area contributed by atoms with E-state index in [4.69, 9.17) is 9.73 Å². The lowest BCUT2D eigenvalue weighted by molar-refractivity contribution is 0.226. The fourth-order valence-electron chi connectivity index (χ4n) is 3.39. The smallest absolute Gasteiger partial charge is 0.191 e. The first-order chi connectivity index (χ1) is 12.1. The van der Waals surface area contributed by atoms with Crippen LogP contribution in [0.3, 0.4) is 0 Å². The van der Waals surface area contributed by atoms with E-state index in [1.165, 1.54) is 25.9 Å². The second kappa shape index (κ2) is 10.3. The van der Waals surface area contributed by atoms with Gasteiger partial charge in [0.25, 0.3) is 0 Å². The third-order valence-electron chi connectivity index (χ3n) is 4.55. The number of benzene rings is 1. The lowest BCUT2D eigenvalue weighted by Crippen LogP contribution is -2.45. The van der Waals surface area contributed by atoms with Gasteiger partial charge in [-0.2, -0.15) is 0 Å². The minimum atomic E-state index is 0.609. The molecular formula is C20H34N4O. The summed E-state index contributed by atoms with van der Waals surface area (Å²) < 4.78 is 5.41. The lowest BCUT2D eigenvalue weighted by Gasteiger charge is -2.27. The number of nitrogens with zero attached hydrogens (tertiary/aromatic N) is 2. The number of methoxy groups -OCH3 is 1. The molecule has 1 aliphatic heterocycles. The molecule has 1 heterocycles. The van der Waals surface area contributed by atoms with Gasteiger partial charge in [0.05, 0.1) is 13.7 Å². The van der Waals surface area contributed by atoms with Crippen molar-refractivity contribution in [3.05, 3.63) is 29.8 Å². The summed E-state index contributed by atoms with van der Waals surface area (Å²) in [7, 11) is 1.70. The average Bonchev–Trinajstić information content (AvgIpc) is 3.04. The molecule has 1 saturated heterocycles. The maximum absolute atomic E-state index is 5.41.